The molecule has 1 heterocycles. The summed E-state index contributed by atoms with van der Waals surface area (Å²) in [5.74, 6) is -3.32. The van der Waals surface area contributed by atoms with Crippen LogP contribution in [0.4, 0.5) is 4.79 Å². The van der Waals surface area contributed by atoms with Crippen molar-refractivity contribution in [2.75, 3.05) is 19.6 Å². The molecule has 252 valence electrons. The summed E-state index contributed by atoms with van der Waals surface area (Å²) >= 11 is 0. The second kappa shape index (κ2) is 17.3. The predicted octanol–water partition coefficient (Wildman–Crippen LogP) is 2.99. The summed E-state index contributed by atoms with van der Waals surface area (Å²) in [4.78, 5) is 64.4. The van der Waals surface area contributed by atoms with Crippen LogP contribution in [0, 0.1) is 5.92 Å². The fourth-order valence-electron chi connectivity index (χ4n) is 6.06. The SMILES string of the molecule is C[C@@H]1CCC[N+]1(C(=O)O)C(=O)C(CCCCN)OP(=O)(O)[C@@H](Cc1ccccc1)NC(=O)[C@H](CCCCN)NC(=O)C1CCC1. The molecule has 13 nitrogen and oxygen atoms in total. The molecule has 4 amide bonds. The van der Waals surface area contributed by atoms with Gasteiger partial charge in [0.2, 0.25) is 11.8 Å². The van der Waals surface area contributed by atoms with Crippen LogP contribution in [0.25, 0.3) is 0 Å². The highest BCUT2D eigenvalue weighted by molar-refractivity contribution is 7.53. The normalized spacial score (nSPS) is 23.2. The Morgan fingerprint density at radius 1 is 0.978 bits per heavy atom. The van der Waals surface area contributed by atoms with Crippen molar-refractivity contribution >= 4 is 31.4 Å². The summed E-state index contributed by atoms with van der Waals surface area (Å²) in [7, 11) is -4.84. The Kier molecular flexibility index (Phi) is 14.1. The molecular weight excluding hydrogens is 601 g/mol. The molecule has 0 bridgehead atoms. The summed E-state index contributed by atoms with van der Waals surface area (Å²) in [6.45, 7) is 2.46. The van der Waals surface area contributed by atoms with Crippen molar-refractivity contribution in [2.45, 2.75) is 108 Å². The summed E-state index contributed by atoms with van der Waals surface area (Å²) in [5, 5.41) is 15.6. The number of benzene rings is 1. The molecule has 3 rings (SSSR count). The molecule has 0 radical (unpaired) electrons. The van der Waals surface area contributed by atoms with Gasteiger partial charge in [0, 0.05) is 25.2 Å². The van der Waals surface area contributed by atoms with Crippen LogP contribution in [0.5, 0.6) is 0 Å². The van der Waals surface area contributed by atoms with E-state index in [9.17, 15) is 33.7 Å². The van der Waals surface area contributed by atoms with Crippen LogP contribution in [-0.4, -0.2) is 81.9 Å². The van der Waals surface area contributed by atoms with Crippen LogP contribution in [0.3, 0.4) is 0 Å². The molecule has 6 atom stereocenters. The molecule has 1 aromatic carbocycles. The lowest BCUT2D eigenvalue weighted by atomic mass is 9.84. The molecule has 2 aliphatic rings. The number of carboxylic acid groups (broad SMARTS) is 1. The zero-order valence-electron chi connectivity index (χ0n) is 26.3. The van der Waals surface area contributed by atoms with E-state index >= 15 is 0 Å². The van der Waals surface area contributed by atoms with Gasteiger partial charge in [-0.3, -0.25) is 18.7 Å². The highest BCUT2D eigenvalue weighted by atomic mass is 31.2. The van der Waals surface area contributed by atoms with E-state index in [1.54, 1.807) is 37.3 Å². The first-order valence-electron chi connectivity index (χ1n) is 16.2. The van der Waals surface area contributed by atoms with E-state index in [1.165, 1.54) is 0 Å². The molecule has 1 saturated heterocycles. The molecule has 8 N–H and O–H groups in total. The van der Waals surface area contributed by atoms with E-state index < -0.39 is 54.0 Å². The molecular formula is C31H51N5O8P+. The number of hydrogen-bond donors (Lipinski definition) is 6. The Labute approximate surface area is 265 Å². The quantitative estimate of drug-likeness (QED) is 0.0775. The van der Waals surface area contributed by atoms with Gasteiger partial charge in [0.15, 0.2) is 6.10 Å². The zero-order chi connectivity index (χ0) is 33.0. The number of rotatable bonds is 18. The summed E-state index contributed by atoms with van der Waals surface area (Å²) in [6, 6.07) is 7.25. The van der Waals surface area contributed by atoms with Crippen molar-refractivity contribution in [2.24, 2.45) is 17.4 Å². The molecule has 2 fully saturated rings. The van der Waals surface area contributed by atoms with Crippen molar-refractivity contribution in [3.8, 4) is 0 Å². The Morgan fingerprint density at radius 2 is 1.62 bits per heavy atom. The number of hydrogen-bond acceptors (Lipinski definition) is 8. The van der Waals surface area contributed by atoms with E-state index in [4.69, 9.17) is 16.0 Å². The van der Waals surface area contributed by atoms with Crippen molar-refractivity contribution < 1.29 is 42.7 Å². The molecule has 3 unspecified atom stereocenters. The summed E-state index contributed by atoms with van der Waals surface area (Å²) < 4.78 is 19.0. The van der Waals surface area contributed by atoms with Gasteiger partial charge in [-0.1, -0.05) is 36.8 Å². The van der Waals surface area contributed by atoms with Crippen LogP contribution in [0.2, 0.25) is 0 Å². The van der Waals surface area contributed by atoms with E-state index in [1.807, 2.05) is 0 Å². The number of unbranched alkanes of at least 4 members (excludes halogenated alkanes) is 2. The van der Waals surface area contributed by atoms with Crippen LogP contribution >= 0.6 is 7.60 Å². The predicted molar refractivity (Wildman–Crippen MR) is 169 cm³/mol. The second-order valence-corrected chi connectivity index (χ2v) is 14.3. The van der Waals surface area contributed by atoms with Crippen LogP contribution in [0.1, 0.15) is 83.1 Å². The number of carbonyl (C=O) groups excluding carboxylic acids is 3. The lowest BCUT2D eigenvalue weighted by molar-refractivity contribution is -0.794. The fourth-order valence-corrected chi connectivity index (χ4v) is 7.50. The van der Waals surface area contributed by atoms with E-state index in [0.29, 0.717) is 57.2 Å². The van der Waals surface area contributed by atoms with Gasteiger partial charge < -0.3 is 32.1 Å². The fraction of sp³-hybridized carbons (Fsp3) is 0.677. The lowest BCUT2D eigenvalue weighted by Gasteiger charge is -2.34. The standard InChI is InChI=1S/C31H50N5O8P/c1-22-11-10-20-36(22,31(40)41)30(39)26(17-6-8-19-33)44-45(42,43)27(21-23-12-3-2-4-13-23)35-29(38)25(16-5-7-18-32)34-28(37)24-14-9-15-24/h2-4,12-13,22,24-27H,5-11,14-21,32-33H2,1H3,(H3-,34,35,37,38,40,41,42,43)/p+1/t22-,25+,26?,27+,36?/m1/s1. The highest BCUT2D eigenvalue weighted by Gasteiger charge is 2.56. The maximum atomic E-state index is 14.1. The number of carbonyl (C=O) groups is 4. The van der Waals surface area contributed by atoms with Crippen LogP contribution < -0.4 is 22.1 Å². The minimum atomic E-state index is -4.84. The third-order valence-corrected chi connectivity index (χ3v) is 10.8. The number of likely N-dealkylation sites (tertiary alicyclic amines) is 1. The number of quaternary nitrogens is 1. The highest BCUT2D eigenvalue weighted by Crippen LogP contribution is 2.50. The number of nitrogens with two attached hydrogens (primary N) is 2. The molecule has 1 aliphatic heterocycles. The van der Waals surface area contributed by atoms with Crippen molar-refractivity contribution in [1.82, 2.24) is 10.6 Å². The van der Waals surface area contributed by atoms with Crippen molar-refractivity contribution in [1.29, 1.82) is 0 Å². The first-order chi connectivity index (χ1) is 21.5. The largest absolute Gasteiger partial charge is 0.521 e. The Bertz CT molecular complexity index is 1200. The zero-order valence-corrected chi connectivity index (χ0v) is 27.2. The monoisotopic (exact) mass is 652 g/mol. The van der Waals surface area contributed by atoms with E-state index in [0.717, 1.165) is 19.3 Å². The smallest absolute Gasteiger partial charge is 0.435 e. The van der Waals surface area contributed by atoms with Gasteiger partial charge in [0.25, 0.3) is 0 Å². The summed E-state index contributed by atoms with van der Waals surface area (Å²) in [5.41, 5.74) is 11.9. The molecule has 14 heteroatoms. The molecule has 0 spiro atoms. The second-order valence-electron chi connectivity index (χ2n) is 12.3. The molecule has 1 saturated carbocycles. The molecule has 1 aromatic rings. The topological polar surface area (TPSA) is 211 Å². The third-order valence-electron chi connectivity index (χ3n) is 9.12. The average molecular weight is 653 g/mol. The van der Waals surface area contributed by atoms with E-state index in [2.05, 4.69) is 10.6 Å². The lowest BCUT2D eigenvalue weighted by Crippen LogP contribution is -2.62. The minimum Gasteiger partial charge on any atom is -0.435 e. The Hall–Kier alpha value is -2.67. The average Bonchev–Trinajstić information content (AvgIpc) is 3.37. The van der Waals surface area contributed by atoms with Gasteiger partial charge in [-0.25, -0.2) is 4.79 Å². The number of imide groups is 1. The van der Waals surface area contributed by atoms with Crippen molar-refractivity contribution in [3.63, 3.8) is 0 Å². The number of nitrogens with zero attached hydrogens (tertiary/aromatic N) is 1. The van der Waals surface area contributed by atoms with Gasteiger partial charge in [-0.05, 0) is 76.9 Å². The minimum absolute atomic E-state index is 0.00819. The maximum Gasteiger partial charge on any atom is 0.521 e. The van der Waals surface area contributed by atoms with Gasteiger partial charge in [-0.15, -0.1) is 0 Å². The van der Waals surface area contributed by atoms with Crippen LogP contribution in [-0.2, 0) is 29.9 Å². The molecule has 0 aromatic heterocycles. The number of nitrogens with one attached hydrogen (secondary N) is 2. The maximum absolute atomic E-state index is 14.1. The first kappa shape index (κ1) is 36.8. The Balaban J connectivity index is 1.90. The number of amides is 4. The van der Waals surface area contributed by atoms with Gasteiger partial charge >= 0.3 is 19.6 Å². The summed E-state index contributed by atoms with van der Waals surface area (Å²) in [6.07, 6.45) is 2.83. The van der Waals surface area contributed by atoms with E-state index in [-0.39, 0.29) is 37.6 Å². The van der Waals surface area contributed by atoms with Gasteiger partial charge in [0.1, 0.15) is 17.9 Å². The van der Waals surface area contributed by atoms with Gasteiger partial charge in [-0.2, -0.15) is 9.28 Å². The third kappa shape index (κ3) is 9.67. The molecule has 45 heavy (non-hydrogen) atoms. The first-order valence-corrected chi connectivity index (χ1v) is 17.8. The van der Waals surface area contributed by atoms with Crippen molar-refractivity contribution in [3.05, 3.63) is 35.9 Å². The van der Waals surface area contributed by atoms with Gasteiger partial charge in [0.05, 0.1) is 6.54 Å². The molecule has 1 aliphatic carbocycles. The Morgan fingerprint density at radius 3 is 2.16 bits per heavy atom. The van der Waals surface area contributed by atoms with Crippen LogP contribution in [0.15, 0.2) is 30.3 Å².